The lowest BCUT2D eigenvalue weighted by molar-refractivity contribution is -0.384. The fourth-order valence-electron chi connectivity index (χ4n) is 1.75. The molecule has 1 aromatic heterocycles. The van der Waals surface area contributed by atoms with Crippen molar-refractivity contribution in [3.05, 3.63) is 39.7 Å². The van der Waals surface area contributed by atoms with E-state index < -0.39 is 4.92 Å². The Labute approximate surface area is 131 Å². The van der Waals surface area contributed by atoms with Gasteiger partial charge < -0.3 is 10.6 Å². The summed E-state index contributed by atoms with van der Waals surface area (Å²) in [6.07, 6.45) is -0.0226. The maximum absolute atomic E-state index is 10.9. The minimum absolute atomic E-state index is 0.0226. The molecular formula is C13H17N5O3S. The molecule has 1 aromatic carbocycles. The van der Waals surface area contributed by atoms with Crippen LogP contribution < -0.4 is 10.6 Å². The standard InChI is InChI=1S/C13H17N5O3S/c1-8(2)21-12-5-4-11(18(19)20)6-10(12)7-22-13-16-15-9(3)17(13)14/h4-6,8H,7,14H2,1-3H3. The molecule has 0 fully saturated rings. The Hall–Kier alpha value is -2.29. The summed E-state index contributed by atoms with van der Waals surface area (Å²) in [5, 5.41) is 19.3. The Morgan fingerprint density at radius 1 is 1.45 bits per heavy atom. The first-order valence-corrected chi connectivity index (χ1v) is 7.61. The smallest absolute Gasteiger partial charge is 0.270 e. The summed E-state index contributed by atoms with van der Waals surface area (Å²) in [4.78, 5) is 10.5. The van der Waals surface area contributed by atoms with Gasteiger partial charge in [0.2, 0.25) is 5.16 Å². The predicted molar refractivity (Wildman–Crippen MR) is 83.3 cm³/mol. The van der Waals surface area contributed by atoms with Crippen LogP contribution in [0.3, 0.4) is 0 Å². The number of rotatable bonds is 6. The number of aryl methyl sites for hydroxylation is 1. The molecule has 0 atom stereocenters. The molecule has 0 spiro atoms. The van der Waals surface area contributed by atoms with Gasteiger partial charge in [-0.3, -0.25) is 10.1 Å². The molecule has 0 radical (unpaired) electrons. The molecule has 0 aliphatic carbocycles. The summed E-state index contributed by atoms with van der Waals surface area (Å²) in [5.74, 6) is 7.45. The summed E-state index contributed by atoms with van der Waals surface area (Å²) in [6, 6.07) is 4.56. The fraction of sp³-hybridized carbons (Fsp3) is 0.385. The van der Waals surface area contributed by atoms with Gasteiger partial charge in [-0.2, -0.15) is 0 Å². The van der Waals surface area contributed by atoms with Crippen LogP contribution in [0.4, 0.5) is 5.69 Å². The Balaban J connectivity index is 2.24. The van der Waals surface area contributed by atoms with E-state index in [-0.39, 0.29) is 11.8 Å². The second kappa shape index (κ2) is 6.65. The number of nitro groups is 1. The van der Waals surface area contributed by atoms with E-state index in [1.54, 1.807) is 13.0 Å². The molecule has 8 nitrogen and oxygen atoms in total. The Bertz CT molecular complexity index is 686. The summed E-state index contributed by atoms with van der Waals surface area (Å²) in [6.45, 7) is 5.55. The number of hydrogen-bond acceptors (Lipinski definition) is 7. The van der Waals surface area contributed by atoms with Crippen LogP contribution in [0, 0.1) is 17.0 Å². The molecule has 2 N–H and O–H groups in total. The van der Waals surface area contributed by atoms with Crippen molar-refractivity contribution in [1.29, 1.82) is 0 Å². The number of benzene rings is 1. The van der Waals surface area contributed by atoms with E-state index in [0.29, 0.717) is 28.0 Å². The third kappa shape index (κ3) is 3.67. The van der Waals surface area contributed by atoms with Crippen LogP contribution in [-0.4, -0.2) is 25.9 Å². The van der Waals surface area contributed by atoms with E-state index in [0.717, 1.165) is 0 Å². The van der Waals surface area contributed by atoms with E-state index in [1.165, 1.54) is 28.6 Å². The fourth-order valence-corrected chi connectivity index (χ4v) is 2.63. The maximum Gasteiger partial charge on any atom is 0.270 e. The molecule has 118 valence electrons. The van der Waals surface area contributed by atoms with Crippen LogP contribution in [0.25, 0.3) is 0 Å². The lowest BCUT2D eigenvalue weighted by Crippen LogP contribution is -2.11. The van der Waals surface area contributed by atoms with Gasteiger partial charge in [0, 0.05) is 23.4 Å². The summed E-state index contributed by atoms with van der Waals surface area (Å²) in [5.41, 5.74) is 0.741. The minimum atomic E-state index is -0.428. The van der Waals surface area contributed by atoms with Crippen molar-refractivity contribution >= 4 is 17.4 Å². The first-order valence-electron chi connectivity index (χ1n) is 6.62. The van der Waals surface area contributed by atoms with E-state index in [9.17, 15) is 10.1 Å². The van der Waals surface area contributed by atoms with Gasteiger partial charge in [0.15, 0.2) is 0 Å². The van der Waals surface area contributed by atoms with Crippen molar-refractivity contribution in [2.24, 2.45) is 0 Å². The number of nitrogens with two attached hydrogens (primary N) is 1. The lowest BCUT2D eigenvalue weighted by atomic mass is 10.2. The quantitative estimate of drug-likeness (QED) is 0.376. The van der Waals surface area contributed by atoms with Crippen LogP contribution in [-0.2, 0) is 5.75 Å². The number of nitro benzene ring substituents is 1. The van der Waals surface area contributed by atoms with Crippen molar-refractivity contribution < 1.29 is 9.66 Å². The van der Waals surface area contributed by atoms with Crippen LogP contribution in [0.15, 0.2) is 23.4 Å². The molecule has 0 aliphatic heterocycles. The normalized spacial score (nSPS) is 10.9. The van der Waals surface area contributed by atoms with Gasteiger partial charge >= 0.3 is 0 Å². The first kappa shape index (κ1) is 16.1. The number of nitrogen functional groups attached to an aromatic ring is 1. The second-order valence-electron chi connectivity index (χ2n) is 4.90. The molecule has 2 aromatic rings. The SMILES string of the molecule is Cc1nnc(SCc2cc([N+](=O)[O-])ccc2OC(C)C)n1N. The number of non-ortho nitro benzene ring substituents is 1. The Morgan fingerprint density at radius 2 is 2.18 bits per heavy atom. The summed E-state index contributed by atoms with van der Waals surface area (Å²) >= 11 is 1.34. The van der Waals surface area contributed by atoms with Gasteiger partial charge in [-0.15, -0.1) is 10.2 Å². The minimum Gasteiger partial charge on any atom is -0.491 e. The van der Waals surface area contributed by atoms with E-state index in [2.05, 4.69) is 10.2 Å². The van der Waals surface area contributed by atoms with Crippen molar-refractivity contribution in [2.45, 2.75) is 37.8 Å². The zero-order valence-electron chi connectivity index (χ0n) is 12.5. The maximum atomic E-state index is 10.9. The van der Waals surface area contributed by atoms with Crippen molar-refractivity contribution in [1.82, 2.24) is 14.9 Å². The molecule has 22 heavy (non-hydrogen) atoms. The molecule has 1 heterocycles. The van der Waals surface area contributed by atoms with Gasteiger partial charge in [0.05, 0.1) is 11.0 Å². The van der Waals surface area contributed by atoms with E-state index in [4.69, 9.17) is 10.6 Å². The van der Waals surface area contributed by atoms with Gasteiger partial charge in [-0.05, 0) is 26.8 Å². The molecule has 0 amide bonds. The van der Waals surface area contributed by atoms with Crippen LogP contribution in [0.5, 0.6) is 5.75 Å². The predicted octanol–water partition coefficient (Wildman–Crippen LogP) is 2.29. The van der Waals surface area contributed by atoms with Crippen molar-refractivity contribution in [2.75, 3.05) is 5.84 Å². The third-order valence-electron chi connectivity index (χ3n) is 2.81. The molecule has 9 heteroatoms. The number of aromatic nitrogens is 3. The zero-order chi connectivity index (χ0) is 16.3. The van der Waals surface area contributed by atoms with Gasteiger partial charge in [0.1, 0.15) is 11.6 Å². The molecule has 0 saturated carbocycles. The third-order valence-corrected chi connectivity index (χ3v) is 3.80. The molecule has 0 bridgehead atoms. The topological polar surface area (TPSA) is 109 Å². The summed E-state index contributed by atoms with van der Waals surface area (Å²) < 4.78 is 7.07. The summed E-state index contributed by atoms with van der Waals surface area (Å²) in [7, 11) is 0. The van der Waals surface area contributed by atoms with Crippen LogP contribution in [0.1, 0.15) is 25.2 Å². The zero-order valence-corrected chi connectivity index (χ0v) is 13.3. The second-order valence-corrected chi connectivity index (χ2v) is 5.85. The molecule has 0 saturated heterocycles. The molecule has 0 aliphatic rings. The number of ether oxygens (including phenoxy) is 1. The molecule has 0 unspecified atom stereocenters. The van der Waals surface area contributed by atoms with Gasteiger partial charge in [0.25, 0.3) is 5.69 Å². The average Bonchev–Trinajstić information content (AvgIpc) is 2.77. The van der Waals surface area contributed by atoms with E-state index >= 15 is 0 Å². The largest absolute Gasteiger partial charge is 0.491 e. The van der Waals surface area contributed by atoms with Crippen molar-refractivity contribution in [3.63, 3.8) is 0 Å². The highest BCUT2D eigenvalue weighted by atomic mass is 32.2. The van der Waals surface area contributed by atoms with Gasteiger partial charge in [-0.25, -0.2) is 4.68 Å². The van der Waals surface area contributed by atoms with Crippen LogP contribution >= 0.6 is 11.8 Å². The number of hydrogen-bond donors (Lipinski definition) is 1. The Kier molecular flexibility index (Phi) is 4.86. The highest BCUT2D eigenvalue weighted by Crippen LogP contribution is 2.30. The van der Waals surface area contributed by atoms with Crippen molar-refractivity contribution in [3.8, 4) is 5.75 Å². The molecule has 2 rings (SSSR count). The highest BCUT2D eigenvalue weighted by Gasteiger charge is 2.15. The monoisotopic (exact) mass is 323 g/mol. The highest BCUT2D eigenvalue weighted by molar-refractivity contribution is 7.98. The lowest BCUT2D eigenvalue weighted by Gasteiger charge is -2.13. The molecular weight excluding hydrogens is 306 g/mol. The van der Waals surface area contributed by atoms with Crippen LogP contribution in [0.2, 0.25) is 0 Å². The first-order chi connectivity index (χ1) is 10.4. The van der Waals surface area contributed by atoms with Gasteiger partial charge in [-0.1, -0.05) is 11.8 Å². The number of thioether (sulfide) groups is 1. The number of nitrogens with zero attached hydrogens (tertiary/aromatic N) is 4. The average molecular weight is 323 g/mol. The Morgan fingerprint density at radius 3 is 2.73 bits per heavy atom. The van der Waals surface area contributed by atoms with E-state index in [1.807, 2.05) is 13.8 Å².